The molecule has 206 valence electrons. The van der Waals surface area contributed by atoms with Gasteiger partial charge in [0.1, 0.15) is 16.2 Å². The molecule has 7 heteroatoms. The number of carbonyl (C=O) groups excluding carboxylic acids is 1. The second-order valence-electron chi connectivity index (χ2n) is 11.6. The van der Waals surface area contributed by atoms with Crippen molar-refractivity contribution in [3.05, 3.63) is 83.4 Å². The standard InChI is InChI=1S/C33H33NO5S/c1-21(35)23-13-15-27-30(17-23)34-20-33(40(36,37)39-24-11-7-4-8-12-24)19-29(33)28-18-25(38-2)14-16-26(28)32(34)31(27)22-9-5-3-6-10-22/h4,7-8,11-18,22,29H,3,5-6,9-10,19-20H2,1-2H3. The van der Waals surface area contributed by atoms with Gasteiger partial charge >= 0.3 is 10.1 Å². The Bertz CT molecular complexity index is 1750. The summed E-state index contributed by atoms with van der Waals surface area (Å²) in [7, 11) is -2.39. The molecule has 3 aromatic carbocycles. The van der Waals surface area contributed by atoms with Gasteiger partial charge in [-0.05, 0) is 79.6 Å². The molecule has 0 saturated heterocycles. The highest BCUT2D eigenvalue weighted by Gasteiger charge is 2.68. The van der Waals surface area contributed by atoms with Crippen molar-refractivity contribution in [1.29, 1.82) is 0 Å². The van der Waals surface area contributed by atoms with Gasteiger partial charge in [0.05, 0.1) is 12.8 Å². The first-order valence-electron chi connectivity index (χ1n) is 14.2. The number of aromatic nitrogens is 1. The van der Waals surface area contributed by atoms with E-state index in [1.54, 1.807) is 38.3 Å². The summed E-state index contributed by atoms with van der Waals surface area (Å²) >= 11 is 0. The van der Waals surface area contributed by atoms with Crippen LogP contribution in [0.5, 0.6) is 11.5 Å². The van der Waals surface area contributed by atoms with Crippen LogP contribution in [0.4, 0.5) is 0 Å². The lowest BCUT2D eigenvalue weighted by atomic mass is 9.81. The molecule has 0 spiro atoms. The van der Waals surface area contributed by atoms with E-state index in [0.29, 0.717) is 29.4 Å². The van der Waals surface area contributed by atoms with Crippen LogP contribution in [0.25, 0.3) is 22.2 Å². The molecule has 7 rings (SSSR count). The topological polar surface area (TPSA) is 74.6 Å². The molecule has 2 heterocycles. The van der Waals surface area contributed by atoms with Crippen LogP contribution in [0.3, 0.4) is 0 Å². The van der Waals surface area contributed by atoms with E-state index >= 15 is 0 Å². The normalized spacial score (nSPS) is 22.1. The molecule has 3 aliphatic rings. The predicted octanol–water partition coefficient (Wildman–Crippen LogP) is 7.22. The average molecular weight is 556 g/mol. The van der Waals surface area contributed by atoms with E-state index in [-0.39, 0.29) is 18.2 Å². The summed E-state index contributed by atoms with van der Waals surface area (Å²) < 4.78 is 40.8. The Balaban J connectivity index is 1.50. The Labute approximate surface area is 235 Å². The number of carbonyl (C=O) groups is 1. The van der Waals surface area contributed by atoms with Crippen LogP contribution in [0.15, 0.2) is 66.7 Å². The lowest BCUT2D eigenvalue weighted by Gasteiger charge is -2.24. The molecule has 2 atom stereocenters. The summed E-state index contributed by atoms with van der Waals surface area (Å²) in [5.74, 6) is 1.18. The quantitative estimate of drug-likeness (QED) is 0.186. The Morgan fingerprint density at radius 2 is 1.73 bits per heavy atom. The molecule has 1 aliphatic heterocycles. The Morgan fingerprint density at radius 3 is 2.45 bits per heavy atom. The summed E-state index contributed by atoms with van der Waals surface area (Å²) in [5, 5.41) is 1.12. The van der Waals surface area contributed by atoms with Crippen LogP contribution in [0, 0.1) is 0 Å². The molecule has 1 aromatic heterocycles. The predicted molar refractivity (Wildman–Crippen MR) is 156 cm³/mol. The summed E-state index contributed by atoms with van der Waals surface area (Å²) in [6, 6.07) is 20.8. The highest BCUT2D eigenvalue weighted by Crippen LogP contribution is 2.63. The average Bonchev–Trinajstić information content (AvgIpc) is 3.65. The first kappa shape index (κ1) is 25.4. The highest BCUT2D eigenvalue weighted by atomic mass is 32.2. The van der Waals surface area contributed by atoms with Gasteiger partial charge in [-0.15, -0.1) is 0 Å². The van der Waals surface area contributed by atoms with E-state index in [1.165, 1.54) is 24.8 Å². The first-order chi connectivity index (χ1) is 19.3. The Morgan fingerprint density at radius 1 is 0.950 bits per heavy atom. The number of hydrogen-bond donors (Lipinski definition) is 0. The lowest BCUT2D eigenvalue weighted by Crippen LogP contribution is -2.33. The number of nitrogens with zero attached hydrogens (tertiary/aromatic N) is 1. The molecule has 6 nitrogen and oxygen atoms in total. The van der Waals surface area contributed by atoms with Crippen molar-refractivity contribution < 1.29 is 22.1 Å². The van der Waals surface area contributed by atoms with Crippen molar-refractivity contribution in [3.8, 4) is 22.8 Å². The van der Waals surface area contributed by atoms with Crippen LogP contribution in [0.1, 0.15) is 78.8 Å². The number of para-hydroxylation sites is 1. The molecule has 4 aromatic rings. The zero-order valence-electron chi connectivity index (χ0n) is 22.9. The Kier molecular flexibility index (Phi) is 5.86. The van der Waals surface area contributed by atoms with Gasteiger partial charge in [-0.2, -0.15) is 8.42 Å². The third-order valence-electron chi connectivity index (χ3n) is 9.31. The van der Waals surface area contributed by atoms with Crippen molar-refractivity contribution >= 4 is 26.8 Å². The van der Waals surface area contributed by atoms with E-state index in [9.17, 15) is 13.2 Å². The molecule has 0 N–H and O–H groups in total. The van der Waals surface area contributed by atoms with Gasteiger partial charge in [0.15, 0.2) is 5.78 Å². The van der Waals surface area contributed by atoms with Crippen molar-refractivity contribution in [2.45, 2.75) is 68.6 Å². The molecule has 2 unspecified atom stereocenters. The van der Waals surface area contributed by atoms with Gasteiger partial charge in [0.2, 0.25) is 0 Å². The molecule has 2 saturated carbocycles. The summed E-state index contributed by atoms with van der Waals surface area (Å²) in [6.07, 6.45) is 6.29. The number of methoxy groups -OCH3 is 1. The number of fused-ring (bicyclic) bond motifs is 7. The number of benzene rings is 3. The third kappa shape index (κ3) is 3.81. The van der Waals surface area contributed by atoms with E-state index in [1.807, 2.05) is 30.3 Å². The molecular weight excluding hydrogens is 522 g/mol. The highest BCUT2D eigenvalue weighted by molar-refractivity contribution is 7.88. The fourth-order valence-electron chi connectivity index (χ4n) is 7.19. The van der Waals surface area contributed by atoms with Gasteiger partial charge in [-0.3, -0.25) is 4.79 Å². The van der Waals surface area contributed by atoms with Crippen LogP contribution in [-0.2, 0) is 16.7 Å². The van der Waals surface area contributed by atoms with Gasteiger partial charge in [-0.1, -0.05) is 49.6 Å². The van der Waals surface area contributed by atoms with Crippen LogP contribution < -0.4 is 8.92 Å². The second kappa shape index (κ2) is 9.23. The molecule has 2 aliphatic carbocycles. The van der Waals surface area contributed by atoms with Crippen LogP contribution >= 0.6 is 0 Å². The molecular formula is C33H33NO5S. The molecule has 0 radical (unpaired) electrons. The summed E-state index contributed by atoms with van der Waals surface area (Å²) in [5.41, 5.74) is 5.97. The minimum atomic E-state index is -4.03. The van der Waals surface area contributed by atoms with Gasteiger partial charge in [0.25, 0.3) is 0 Å². The Hall–Kier alpha value is -3.58. The number of ketones is 1. The second-order valence-corrected chi connectivity index (χ2v) is 13.5. The molecule has 2 fully saturated rings. The minimum Gasteiger partial charge on any atom is -0.497 e. The van der Waals surface area contributed by atoms with Crippen LogP contribution in [0.2, 0.25) is 0 Å². The van der Waals surface area contributed by atoms with Gasteiger partial charge in [0, 0.05) is 34.5 Å². The fraction of sp³-hybridized carbons (Fsp3) is 0.364. The maximum Gasteiger partial charge on any atom is 0.317 e. The molecule has 40 heavy (non-hydrogen) atoms. The van der Waals surface area contributed by atoms with Crippen molar-refractivity contribution in [3.63, 3.8) is 0 Å². The zero-order chi connectivity index (χ0) is 27.6. The van der Waals surface area contributed by atoms with Gasteiger partial charge in [-0.25, -0.2) is 0 Å². The maximum absolute atomic E-state index is 14.1. The van der Waals surface area contributed by atoms with E-state index in [0.717, 1.165) is 40.6 Å². The third-order valence-corrected chi connectivity index (χ3v) is 11.3. The number of rotatable bonds is 6. The van der Waals surface area contributed by atoms with E-state index in [4.69, 9.17) is 8.92 Å². The molecule has 0 amide bonds. The largest absolute Gasteiger partial charge is 0.497 e. The van der Waals surface area contributed by atoms with Crippen LogP contribution in [-0.4, -0.2) is 30.6 Å². The minimum absolute atomic E-state index is 0.00512. The zero-order valence-corrected chi connectivity index (χ0v) is 23.7. The first-order valence-corrected chi connectivity index (χ1v) is 15.6. The number of ether oxygens (including phenoxy) is 1. The maximum atomic E-state index is 14.1. The summed E-state index contributed by atoms with van der Waals surface area (Å²) in [6.45, 7) is 1.84. The monoisotopic (exact) mass is 555 g/mol. The van der Waals surface area contributed by atoms with E-state index < -0.39 is 14.9 Å². The summed E-state index contributed by atoms with van der Waals surface area (Å²) in [4.78, 5) is 12.5. The number of hydrogen-bond acceptors (Lipinski definition) is 5. The lowest BCUT2D eigenvalue weighted by molar-refractivity contribution is 0.101. The molecule has 0 bridgehead atoms. The SMILES string of the molecule is COc1ccc2c(c1)C1CC1(S(=O)(=O)Oc1ccccc1)Cn1c-2c(C2CCCCC2)c2ccc(C(C)=O)cc21. The van der Waals surface area contributed by atoms with Crippen molar-refractivity contribution in [2.75, 3.05) is 7.11 Å². The smallest absolute Gasteiger partial charge is 0.317 e. The van der Waals surface area contributed by atoms with E-state index in [2.05, 4.69) is 16.7 Å². The van der Waals surface area contributed by atoms with Crippen molar-refractivity contribution in [2.24, 2.45) is 0 Å². The van der Waals surface area contributed by atoms with Crippen molar-refractivity contribution in [1.82, 2.24) is 4.57 Å². The fourth-order valence-corrected chi connectivity index (χ4v) is 8.85. The number of Topliss-reactive ketones (excluding diaryl/α,β-unsaturated/α-hetero) is 1. The van der Waals surface area contributed by atoms with Gasteiger partial charge < -0.3 is 13.5 Å².